The molecule has 1 aliphatic heterocycles. The van der Waals surface area contributed by atoms with Crippen molar-refractivity contribution in [2.45, 2.75) is 11.3 Å². The average molecular weight is 360 g/mol. The van der Waals surface area contributed by atoms with Crippen molar-refractivity contribution in [3.8, 4) is 0 Å². The molecule has 0 atom stereocenters. The summed E-state index contributed by atoms with van der Waals surface area (Å²) in [5.41, 5.74) is 0. The first-order valence-corrected chi connectivity index (χ1v) is 9.31. The Morgan fingerprint density at radius 2 is 1.70 bits per heavy atom. The van der Waals surface area contributed by atoms with Crippen LogP contribution in [0.1, 0.15) is 6.42 Å². The normalized spacial score (nSPS) is 16.8. The summed E-state index contributed by atoms with van der Waals surface area (Å²) in [5, 5.41) is 0.500. The van der Waals surface area contributed by atoms with Crippen LogP contribution >= 0.6 is 11.6 Å². The largest absolute Gasteiger partial charge is 0.340 e. The van der Waals surface area contributed by atoms with Gasteiger partial charge in [0, 0.05) is 44.2 Å². The second-order valence-corrected chi connectivity index (χ2v) is 8.17. The van der Waals surface area contributed by atoms with Crippen LogP contribution in [0.25, 0.3) is 0 Å². The van der Waals surface area contributed by atoms with E-state index in [2.05, 4.69) is 0 Å². The van der Waals surface area contributed by atoms with Crippen LogP contribution in [0.3, 0.4) is 0 Å². The molecule has 1 aromatic rings. The Labute approximate surface area is 142 Å². The van der Waals surface area contributed by atoms with E-state index in [1.54, 1.807) is 17.0 Å². The fraction of sp³-hybridized carbons (Fsp3) is 0.533. The van der Waals surface area contributed by atoms with Gasteiger partial charge in [0.05, 0.1) is 4.90 Å². The van der Waals surface area contributed by atoms with Gasteiger partial charge in [-0.3, -0.25) is 4.79 Å². The van der Waals surface area contributed by atoms with Crippen LogP contribution in [-0.2, 0) is 14.8 Å². The number of nitrogens with zero attached hydrogens (tertiary/aromatic N) is 3. The van der Waals surface area contributed by atoms with Crippen molar-refractivity contribution in [3.63, 3.8) is 0 Å². The van der Waals surface area contributed by atoms with E-state index in [9.17, 15) is 13.2 Å². The first-order valence-electron chi connectivity index (χ1n) is 7.49. The molecule has 0 aromatic heterocycles. The number of piperazine rings is 1. The van der Waals surface area contributed by atoms with Crippen LogP contribution < -0.4 is 0 Å². The molecular weight excluding hydrogens is 338 g/mol. The van der Waals surface area contributed by atoms with Gasteiger partial charge in [0.25, 0.3) is 0 Å². The van der Waals surface area contributed by atoms with E-state index in [1.165, 1.54) is 16.4 Å². The van der Waals surface area contributed by atoms with E-state index >= 15 is 0 Å². The molecule has 1 heterocycles. The summed E-state index contributed by atoms with van der Waals surface area (Å²) in [6, 6.07) is 6.14. The molecule has 1 saturated heterocycles. The lowest BCUT2D eigenvalue weighted by molar-refractivity contribution is -0.132. The van der Waals surface area contributed by atoms with Crippen LogP contribution in [-0.4, -0.2) is 75.2 Å². The third-order valence-corrected chi connectivity index (χ3v) is 5.98. The SMILES string of the molecule is CN(C)CCC(=O)N1CCN(S(=O)(=O)c2ccc(Cl)cc2)CC1. The van der Waals surface area contributed by atoms with Gasteiger partial charge in [-0.15, -0.1) is 0 Å². The average Bonchev–Trinajstić information content (AvgIpc) is 2.53. The Kier molecular flexibility index (Phi) is 6.02. The van der Waals surface area contributed by atoms with Crippen molar-refractivity contribution in [1.82, 2.24) is 14.1 Å². The number of hydrogen-bond acceptors (Lipinski definition) is 4. The maximum atomic E-state index is 12.6. The zero-order chi connectivity index (χ0) is 17.0. The lowest BCUT2D eigenvalue weighted by Gasteiger charge is -2.34. The highest BCUT2D eigenvalue weighted by Gasteiger charge is 2.29. The summed E-state index contributed by atoms with van der Waals surface area (Å²) >= 11 is 5.80. The van der Waals surface area contributed by atoms with Crippen molar-refractivity contribution >= 4 is 27.5 Å². The number of carbonyl (C=O) groups is 1. The van der Waals surface area contributed by atoms with E-state index in [4.69, 9.17) is 11.6 Å². The Bertz CT molecular complexity index is 638. The predicted molar refractivity (Wildman–Crippen MR) is 90.0 cm³/mol. The van der Waals surface area contributed by atoms with Gasteiger partial charge >= 0.3 is 0 Å². The highest BCUT2D eigenvalue weighted by atomic mass is 35.5. The van der Waals surface area contributed by atoms with Gasteiger partial charge < -0.3 is 9.80 Å². The van der Waals surface area contributed by atoms with Crippen molar-refractivity contribution in [2.75, 3.05) is 46.8 Å². The van der Waals surface area contributed by atoms with Crippen molar-refractivity contribution in [2.24, 2.45) is 0 Å². The maximum absolute atomic E-state index is 12.6. The highest BCUT2D eigenvalue weighted by molar-refractivity contribution is 7.89. The topological polar surface area (TPSA) is 60.9 Å². The Balaban J connectivity index is 1.95. The van der Waals surface area contributed by atoms with E-state index < -0.39 is 10.0 Å². The predicted octanol–water partition coefficient (Wildman–Crippen LogP) is 1.12. The molecule has 1 fully saturated rings. The summed E-state index contributed by atoms with van der Waals surface area (Å²) in [6.45, 7) is 2.19. The molecule has 23 heavy (non-hydrogen) atoms. The number of carbonyl (C=O) groups excluding carboxylic acids is 1. The number of halogens is 1. The maximum Gasteiger partial charge on any atom is 0.243 e. The molecule has 6 nitrogen and oxygen atoms in total. The van der Waals surface area contributed by atoms with Crippen LogP contribution in [0.15, 0.2) is 29.2 Å². The number of rotatable bonds is 5. The summed E-state index contributed by atoms with van der Waals surface area (Å²) in [5.74, 6) is 0.0715. The Morgan fingerprint density at radius 3 is 2.22 bits per heavy atom. The number of benzene rings is 1. The molecule has 1 aliphatic rings. The second-order valence-electron chi connectivity index (χ2n) is 5.79. The molecule has 128 valence electrons. The van der Waals surface area contributed by atoms with Crippen LogP contribution in [0.5, 0.6) is 0 Å². The monoisotopic (exact) mass is 359 g/mol. The molecule has 0 bridgehead atoms. The summed E-state index contributed by atoms with van der Waals surface area (Å²) in [4.78, 5) is 16.0. The van der Waals surface area contributed by atoms with E-state index in [0.29, 0.717) is 44.2 Å². The van der Waals surface area contributed by atoms with E-state index in [-0.39, 0.29) is 10.8 Å². The summed E-state index contributed by atoms with van der Waals surface area (Å²) in [7, 11) is 0.316. The lowest BCUT2D eigenvalue weighted by Crippen LogP contribution is -2.50. The zero-order valence-electron chi connectivity index (χ0n) is 13.4. The quantitative estimate of drug-likeness (QED) is 0.790. The molecule has 0 aliphatic carbocycles. The first-order chi connectivity index (χ1) is 10.8. The molecule has 0 unspecified atom stereocenters. The Hall–Kier alpha value is -1.15. The van der Waals surface area contributed by atoms with Crippen molar-refractivity contribution in [3.05, 3.63) is 29.3 Å². The third kappa shape index (κ3) is 4.67. The standard InChI is InChI=1S/C15H22ClN3O3S/c1-17(2)8-7-15(20)18-9-11-19(12-10-18)23(21,22)14-5-3-13(16)4-6-14/h3-6H,7-12H2,1-2H3. The minimum Gasteiger partial charge on any atom is -0.340 e. The molecule has 2 rings (SSSR count). The molecule has 8 heteroatoms. The lowest BCUT2D eigenvalue weighted by atomic mass is 10.3. The van der Waals surface area contributed by atoms with Crippen LogP contribution in [0.2, 0.25) is 5.02 Å². The minimum atomic E-state index is -3.53. The van der Waals surface area contributed by atoms with Crippen LogP contribution in [0, 0.1) is 0 Å². The molecule has 0 saturated carbocycles. The number of amides is 1. The fourth-order valence-corrected chi connectivity index (χ4v) is 3.96. The van der Waals surface area contributed by atoms with Crippen molar-refractivity contribution in [1.29, 1.82) is 0 Å². The summed E-state index contributed by atoms with van der Waals surface area (Å²) in [6.07, 6.45) is 0.455. The highest BCUT2D eigenvalue weighted by Crippen LogP contribution is 2.20. The number of hydrogen-bond donors (Lipinski definition) is 0. The van der Waals surface area contributed by atoms with Crippen molar-refractivity contribution < 1.29 is 13.2 Å². The Morgan fingerprint density at radius 1 is 1.13 bits per heavy atom. The first kappa shape index (κ1) is 18.2. The van der Waals surface area contributed by atoms with Gasteiger partial charge in [-0.1, -0.05) is 11.6 Å². The minimum absolute atomic E-state index is 0.0715. The molecule has 0 spiro atoms. The fourth-order valence-electron chi connectivity index (χ4n) is 2.41. The van der Waals surface area contributed by atoms with Gasteiger partial charge in [0.2, 0.25) is 15.9 Å². The third-order valence-electron chi connectivity index (χ3n) is 3.82. The van der Waals surface area contributed by atoms with E-state index in [0.717, 1.165) is 0 Å². The molecule has 1 amide bonds. The number of sulfonamides is 1. The van der Waals surface area contributed by atoms with Gasteiger partial charge in [-0.25, -0.2) is 8.42 Å². The van der Waals surface area contributed by atoms with Gasteiger partial charge in [0.1, 0.15) is 0 Å². The van der Waals surface area contributed by atoms with Gasteiger partial charge in [-0.2, -0.15) is 4.31 Å². The van der Waals surface area contributed by atoms with Crippen LogP contribution in [0.4, 0.5) is 0 Å². The smallest absolute Gasteiger partial charge is 0.243 e. The molecular formula is C15H22ClN3O3S. The van der Waals surface area contributed by atoms with Gasteiger partial charge in [-0.05, 0) is 38.4 Å². The molecule has 0 N–H and O–H groups in total. The second kappa shape index (κ2) is 7.61. The van der Waals surface area contributed by atoms with E-state index in [1.807, 2.05) is 19.0 Å². The zero-order valence-corrected chi connectivity index (χ0v) is 15.0. The van der Waals surface area contributed by atoms with Gasteiger partial charge in [0.15, 0.2) is 0 Å². The molecule has 0 radical (unpaired) electrons. The summed E-state index contributed by atoms with van der Waals surface area (Å²) < 4.78 is 26.5. The molecule has 1 aromatic carbocycles.